The summed E-state index contributed by atoms with van der Waals surface area (Å²) in [5.41, 5.74) is 1.69. The molecule has 130 valence electrons. The van der Waals surface area contributed by atoms with Gasteiger partial charge in [-0.05, 0) is 48.2 Å². The largest absolute Gasteiger partial charge is 0.365 e. The number of halogens is 1. The monoisotopic (exact) mass is 362 g/mol. The quantitative estimate of drug-likeness (QED) is 0.446. The van der Waals surface area contributed by atoms with E-state index in [0.717, 1.165) is 11.1 Å². The standard InChI is InChI=1S/C17H15ClN2O5/c18-13-9-16(11-1-5-14(6-2-11)19(21)22)25-17(10-13)12-3-7-15(8-4-12)20(23)24/h1-8,13,16-17H,9-10H2. The Labute approximate surface area is 148 Å². The number of alkyl halides is 1. The topological polar surface area (TPSA) is 95.5 Å². The van der Waals surface area contributed by atoms with E-state index in [9.17, 15) is 20.2 Å². The molecule has 0 spiro atoms. The summed E-state index contributed by atoms with van der Waals surface area (Å²) in [4.78, 5) is 20.6. The number of benzene rings is 2. The molecule has 7 nitrogen and oxygen atoms in total. The highest BCUT2D eigenvalue weighted by molar-refractivity contribution is 6.20. The maximum atomic E-state index is 10.8. The zero-order valence-corrected chi connectivity index (χ0v) is 13.8. The van der Waals surface area contributed by atoms with E-state index in [0.29, 0.717) is 12.8 Å². The smallest absolute Gasteiger partial charge is 0.269 e. The van der Waals surface area contributed by atoms with Crippen LogP contribution in [-0.4, -0.2) is 15.2 Å². The van der Waals surface area contributed by atoms with E-state index in [-0.39, 0.29) is 29.0 Å². The van der Waals surface area contributed by atoms with Gasteiger partial charge in [-0.15, -0.1) is 11.6 Å². The van der Waals surface area contributed by atoms with Crippen LogP contribution in [0.15, 0.2) is 48.5 Å². The van der Waals surface area contributed by atoms with E-state index in [1.807, 2.05) is 0 Å². The average molecular weight is 363 g/mol. The van der Waals surface area contributed by atoms with Crippen LogP contribution in [0, 0.1) is 20.2 Å². The molecule has 0 saturated carbocycles. The highest BCUT2D eigenvalue weighted by Gasteiger charge is 2.30. The molecule has 1 heterocycles. The van der Waals surface area contributed by atoms with Gasteiger partial charge in [0.05, 0.1) is 22.1 Å². The molecule has 0 N–H and O–H groups in total. The molecule has 1 saturated heterocycles. The summed E-state index contributed by atoms with van der Waals surface area (Å²) in [6.45, 7) is 0. The van der Waals surface area contributed by atoms with E-state index >= 15 is 0 Å². The molecule has 1 aliphatic heterocycles. The third-order valence-electron chi connectivity index (χ3n) is 4.22. The molecular weight excluding hydrogens is 348 g/mol. The van der Waals surface area contributed by atoms with Crippen LogP contribution in [0.1, 0.15) is 36.2 Å². The number of hydrogen-bond donors (Lipinski definition) is 0. The first-order valence-corrected chi connectivity index (χ1v) is 8.16. The lowest BCUT2D eigenvalue weighted by molar-refractivity contribution is -0.385. The van der Waals surface area contributed by atoms with Crippen LogP contribution in [-0.2, 0) is 4.74 Å². The Morgan fingerprint density at radius 3 is 1.48 bits per heavy atom. The van der Waals surface area contributed by atoms with Crippen molar-refractivity contribution in [2.75, 3.05) is 0 Å². The van der Waals surface area contributed by atoms with Gasteiger partial charge in [0.25, 0.3) is 11.4 Å². The van der Waals surface area contributed by atoms with E-state index in [1.54, 1.807) is 24.3 Å². The molecule has 2 unspecified atom stereocenters. The third-order valence-corrected chi connectivity index (χ3v) is 4.58. The Hall–Kier alpha value is -2.51. The molecule has 1 fully saturated rings. The molecule has 0 amide bonds. The van der Waals surface area contributed by atoms with Crippen LogP contribution in [0.2, 0.25) is 0 Å². The minimum Gasteiger partial charge on any atom is -0.365 e. The van der Waals surface area contributed by atoms with Crippen molar-refractivity contribution in [2.24, 2.45) is 0 Å². The maximum absolute atomic E-state index is 10.8. The lowest BCUT2D eigenvalue weighted by Crippen LogP contribution is -2.23. The lowest BCUT2D eigenvalue weighted by Gasteiger charge is -2.33. The van der Waals surface area contributed by atoms with Gasteiger partial charge in [0.2, 0.25) is 0 Å². The highest BCUT2D eigenvalue weighted by atomic mass is 35.5. The van der Waals surface area contributed by atoms with Crippen LogP contribution >= 0.6 is 11.6 Å². The number of rotatable bonds is 4. The Bertz CT molecular complexity index is 713. The van der Waals surface area contributed by atoms with Gasteiger partial charge in [0.1, 0.15) is 0 Å². The summed E-state index contributed by atoms with van der Waals surface area (Å²) in [6, 6.07) is 12.5. The Morgan fingerprint density at radius 1 is 0.800 bits per heavy atom. The van der Waals surface area contributed by atoms with Gasteiger partial charge in [-0.2, -0.15) is 0 Å². The lowest BCUT2D eigenvalue weighted by atomic mass is 9.94. The first-order valence-electron chi connectivity index (χ1n) is 7.72. The molecule has 2 aromatic rings. The molecule has 25 heavy (non-hydrogen) atoms. The van der Waals surface area contributed by atoms with Gasteiger partial charge < -0.3 is 4.74 Å². The fourth-order valence-corrected chi connectivity index (χ4v) is 3.24. The van der Waals surface area contributed by atoms with Crippen molar-refractivity contribution in [1.29, 1.82) is 0 Å². The van der Waals surface area contributed by atoms with Crippen molar-refractivity contribution in [3.8, 4) is 0 Å². The second-order valence-electron chi connectivity index (χ2n) is 5.88. The minimum atomic E-state index is -0.449. The van der Waals surface area contributed by atoms with Crippen molar-refractivity contribution in [3.05, 3.63) is 79.9 Å². The van der Waals surface area contributed by atoms with Gasteiger partial charge in [-0.3, -0.25) is 20.2 Å². The molecule has 0 aliphatic carbocycles. The number of nitro groups is 2. The second-order valence-corrected chi connectivity index (χ2v) is 6.50. The predicted octanol–water partition coefficient (Wildman–Crippen LogP) is 4.70. The van der Waals surface area contributed by atoms with Gasteiger partial charge >= 0.3 is 0 Å². The number of hydrogen-bond acceptors (Lipinski definition) is 5. The van der Waals surface area contributed by atoms with Gasteiger partial charge in [0.15, 0.2) is 0 Å². The molecule has 0 aromatic heterocycles. The fraction of sp³-hybridized carbons (Fsp3) is 0.294. The van der Waals surface area contributed by atoms with Crippen molar-refractivity contribution in [3.63, 3.8) is 0 Å². The third kappa shape index (κ3) is 3.94. The number of nitrogens with zero attached hydrogens (tertiary/aromatic N) is 2. The molecule has 8 heteroatoms. The van der Waals surface area contributed by atoms with E-state index in [4.69, 9.17) is 16.3 Å². The van der Waals surface area contributed by atoms with Crippen molar-refractivity contribution >= 4 is 23.0 Å². The number of non-ortho nitro benzene ring substituents is 2. The average Bonchev–Trinajstić information content (AvgIpc) is 2.61. The molecule has 2 aromatic carbocycles. The van der Waals surface area contributed by atoms with Crippen molar-refractivity contribution < 1.29 is 14.6 Å². The fourth-order valence-electron chi connectivity index (χ4n) is 2.92. The maximum Gasteiger partial charge on any atom is 0.269 e. The van der Waals surface area contributed by atoms with Crippen molar-refractivity contribution in [2.45, 2.75) is 30.4 Å². The van der Waals surface area contributed by atoms with Crippen LogP contribution in [0.25, 0.3) is 0 Å². The highest BCUT2D eigenvalue weighted by Crippen LogP contribution is 2.41. The van der Waals surface area contributed by atoms with Gasteiger partial charge in [0, 0.05) is 29.6 Å². The van der Waals surface area contributed by atoms with Gasteiger partial charge in [-0.25, -0.2) is 0 Å². The van der Waals surface area contributed by atoms with Crippen LogP contribution < -0.4 is 0 Å². The molecular formula is C17H15ClN2O5. The van der Waals surface area contributed by atoms with Crippen molar-refractivity contribution in [1.82, 2.24) is 0 Å². The van der Waals surface area contributed by atoms with E-state index < -0.39 is 9.85 Å². The Morgan fingerprint density at radius 2 is 1.16 bits per heavy atom. The zero-order chi connectivity index (χ0) is 18.0. The normalized spacial score (nSPS) is 23.2. The first kappa shape index (κ1) is 17.3. The first-order chi connectivity index (χ1) is 11.9. The predicted molar refractivity (Wildman–Crippen MR) is 91.6 cm³/mol. The summed E-state index contributed by atoms with van der Waals surface area (Å²) >= 11 is 6.37. The summed E-state index contributed by atoms with van der Waals surface area (Å²) in [5, 5.41) is 21.4. The summed E-state index contributed by atoms with van der Waals surface area (Å²) in [7, 11) is 0. The Kier molecular flexibility index (Phi) is 4.96. The van der Waals surface area contributed by atoms with Crippen LogP contribution in [0.5, 0.6) is 0 Å². The SMILES string of the molecule is O=[N+]([O-])c1ccc(C2CC(Cl)CC(c3ccc([N+](=O)[O-])cc3)O2)cc1. The summed E-state index contributed by atoms with van der Waals surface area (Å²) in [5.74, 6) is 0. The van der Waals surface area contributed by atoms with Crippen LogP contribution in [0.4, 0.5) is 11.4 Å². The zero-order valence-electron chi connectivity index (χ0n) is 13.1. The van der Waals surface area contributed by atoms with Gasteiger partial charge in [-0.1, -0.05) is 0 Å². The molecule has 0 radical (unpaired) electrons. The van der Waals surface area contributed by atoms with E-state index in [1.165, 1.54) is 24.3 Å². The van der Waals surface area contributed by atoms with Crippen LogP contribution in [0.3, 0.4) is 0 Å². The molecule has 1 aliphatic rings. The number of ether oxygens (including phenoxy) is 1. The second kappa shape index (κ2) is 7.16. The summed E-state index contributed by atoms with van der Waals surface area (Å²) in [6.07, 6.45) is 0.639. The molecule has 3 rings (SSSR count). The van der Waals surface area contributed by atoms with E-state index in [2.05, 4.69) is 0 Å². The Balaban J connectivity index is 1.79. The molecule has 2 atom stereocenters. The molecule has 0 bridgehead atoms. The number of nitro benzene ring substituents is 2. The minimum absolute atomic E-state index is 0.0221. The summed E-state index contributed by atoms with van der Waals surface area (Å²) < 4.78 is 6.11.